The Labute approximate surface area is 384 Å². The number of phenolic OH excluding ortho intramolecular Hbond substituents is 1. The van der Waals surface area contributed by atoms with E-state index in [4.69, 9.17) is 13.9 Å². The molecule has 7 rings (SSSR count). The van der Waals surface area contributed by atoms with Gasteiger partial charge in [-0.1, -0.05) is 99.6 Å². The molecule has 4 atom stereocenters. The summed E-state index contributed by atoms with van der Waals surface area (Å²) in [5, 5.41) is 17.7. The highest BCUT2D eigenvalue weighted by Crippen LogP contribution is 2.42. The predicted octanol–water partition coefficient (Wildman–Crippen LogP) is 9.12. The van der Waals surface area contributed by atoms with Crippen LogP contribution in [0.25, 0.3) is 22.0 Å². The van der Waals surface area contributed by atoms with Crippen molar-refractivity contribution in [2.75, 3.05) is 58.3 Å². The van der Waals surface area contributed by atoms with Crippen molar-refractivity contribution in [2.45, 2.75) is 83.3 Å². The first-order valence-electron chi connectivity index (χ1n) is 23.1. The number of ether oxygens (including phenoxy) is 2. The molecule has 1 aliphatic heterocycles. The number of aromatic hydroxyl groups is 1. The second-order valence-corrected chi connectivity index (χ2v) is 24.1. The van der Waals surface area contributed by atoms with E-state index < -0.39 is 8.32 Å². The van der Waals surface area contributed by atoms with Gasteiger partial charge in [-0.25, -0.2) is 4.79 Å². The lowest BCUT2D eigenvalue weighted by molar-refractivity contribution is -0.131. The summed E-state index contributed by atoms with van der Waals surface area (Å²) in [6, 6.07) is 33.3. The first-order valence-corrected chi connectivity index (χ1v) is 26.0. The first-order chi connectivity index (χ1) is 31.1. The fraction of sp³-hybridized carbons (Fsp3) is 0.442. The van der Waals surface area contributed by atoms with Crippen LogP contribution in [0.5, 0.6) is 5.75 Å². The van der Waals surface area contributed by atoms with Gasteiger partial charge in [0.1, 0.15) is 11.9 Å². The van der Waals surface area contributed by atoms with Gasteiger partial charge in [0.25, 0.3) is 0 Å². The van der Waals surface area contributed by atoms with Gasteiger partial charge in [0.15, 0.2) is 8.32 Å². The molecule has 4 aromatic carbocycles. The van der Waals surface area contributed by atoms with Gasteiger partial charge in [0, 0.05) is 63.3 Å². The molecule has 1 unspecified atom stereocenters. The number of benzene rings is 4. The predicted molar refractivity (Wildman–Crippen MR) is 261 cm³/mol. The zero-order valence-electron chi connectivity index (χ0n) is 38.9. The van der Waals surface area contributed by atoms with Crippen LogP contribution >= 0.6 is 0 Å². The molecule has 1 saturated carbocycles. The Morgan fingerprint density at radius 2 is 1.58 bits per heavy atom. The van der Waals surface area contributed by atoms with Crippen molar-refractivity contribution in [3.8, 4) is 16.9 Å². The zero-order valence-corrected chi connectivity index (χ0v) is 39.9. The van der Waals surface area contributed by atoms with E-state index in [2.05, 4.69) is 78.6 Å². The molecule has 2 fully saturated rings. The number of rotatable bonds is 19. The minimum absolute atomic E-state index is 0.0182. The Kier molecular flexibility index (Phi) is 15.6. The molecule has 0 radical (unpaired) electrons. The van der Waals surface area contributed by atoms with Gasteiger partial charge in [-0.05, 0) is 89.7 Å². The highest BCUT2D eigenvalue weighted by atomic mass is 28.4. The minimum atomic E-state index is -2.21. The minimum Gasteiger partial charge on any atom is -0.506 e. The molecule has 13 heteroatoms. The maximum atomic E-state index is 13.0. The number of carbonyl (C=O) groups is 2. The number of hydrogen-bond acceptors (Lipinski definition) is 9. The van der Waals surface area contributed by atoms with Gasteiger partial charge < -0.3 is 34.2 Å². The topological polar surface area (TPSA) is 145 Å². The number of amides is 2. The number of hydrogen-bond donors (Lipinski definition) is 4. The number of likely N-dealkylation sites (N-methyl/N-ethyl adjacent to an activating group) is 1. The number of para-hydroxylation sites is 1. The van der Waals surface area contributed by atoms with E-state index in [1.807, 2.05) is 67.7 Å². The van der Waals surface area contributed by atoms with Crippen LogP contribution in [-0.2, 0) is 31.7 Å². The molecule has 2 amide bonds. The van der Waals surface area contributed by atoms with E-state index in [0.29, 0.717) is 56.6 Å². The van der Waals surface area contributed by atoms with Crippen molar-refractivity contribution in [1.82, 2.24) is 20.1 Å². The van der Waals surface area contributed by atoms with Gasteiger partial charge in [-0.3, -0.25) is 19.8 Å². The molecule has 2 heterocycles. The lowest BCUT2D eigenvalue weighted by atomic mass is 10.0. The molecule has 12 nitrogen and oxygen atoms in total. The Morgan fingerprint density at radius 1 is 0.892 bits per heavy atom. The van der Waals surface area contributed by atoms with Crippen LogP contribution in [0.15, 0.2) is 108 Å². The average Bonchev–Trinajstić information content (AvgIpc) is 3.83. The smallest absolute Gasteiger partial charge is 0.411 e. The number of H-pyrrole nitrogens is 1. The summed E-state index contributed by atoms with van der Waals surface area (Å²) >= 11 is 0. The monoisotopic (exact) mass is 901 g/mol. The molecule has 2 aliphatic rings. The van der Waals surface area contributed by atoms with Crippen LogP contribution in [0.2, 0.25) is 18.1 Å². The number of nitrogens with one attached hydrogen (secondary N) is 3. The maximum Gasteiger partial charge on any atom is 0.411 e. The molecule has 5 aromatic rings. The summed E-state index contributed by atoms with van der Waals surface area (Å²) in [5.74, 6) is 1.11. The van der Waals surface area contributed by atoms with E-state index in [-0.39, 0.29) is 40.6 Å². The molecular formula is C52H67N5O7Si. The van der Waals surface area contributed by atoms with E-state index in [1.165, 1.54) is 17.2 Å². The molecule has 1 saturated heterocycles. The summed E-state index contributed by atoms with van der Waals surface area (Å²) in [7, 11) is -0.393. The molecule has 65 heavy (non-hydrogen) atoms. The van der Waals surface area contributed by atoms with Crippen LogP contribution in [-0.4, -0.2) is 99.3 Å². The average molecular weight is 902 g/mol. The number of aromatic amines is 1. The van der Waals surface area contributed by atoms with Crippen LogP contribution < -0.4 is 16.2 Å². The lowest BCUT2D eigenvalue weighted by Crippen LogP contribution is -2.44. The van der Waals surface area contributed by atoms with Crippen molar-refractivity contribution < 1.29 is 28.6 Å². The van der Waals surface area contributed by atoms with Crippen molar-refractivity contribution >= 4 is 36.9 Å². The van der Waals surface area contributed by atoms with Gasteiger partial charge in [-0.15, -0.1) is 0 Å². The molecular weight excluding hydrogens is 835 g/mol. The number of nitrogens with zero attached hydrogens (tertiary/aromatic N) is 2. The van der Waals surface area contributed by atoms with Crippen LogP contribution in [0, 0.1) is 11.8 Å². The lowest BCUT2D eigenvalue weighted by Gasteiger charge is -2.39. The standard InChI is InChI=1S/C52H67N5O7Si/c1-52(2,3)65(5,6)64-47(43-20-22-46(58)50-44(43)21-23-48(59)55-50)32-53-26-27-56(4)49(60)25-29-62-28-24-36-16-18-37(19-17-36)33-57-34-39-30-41(31-40(39)35-57)63-51(61)54-45-15-11-10-14-42(45)38-12-8-7-9-13-38/h7-23,39-41,47,53,58H,24-35H2,1-6H3,(H,54,61)(H,55,59)/t39-,40+,41?,47-/m0/s1. The number of likely N-dealkylation sites (tertiary alicyclic amines) is 1. The van der Waals surface area contributed by atoms with Crippen LogP contribution in [0.3, 0.4) is 0 Å². The van der Waals surface area contributed by atoms with E-state index in [0.717, 1.165) is 66.7 Å². The molecule has 0 bridgehead atoms. The van der Waals surface area contributed by atoms with Crippen LogP contribution in [0.4, 0.5) is 10.5 Å². The molecule has 0 spiro atoms. The Balaban J connectivity index is 0.777. The number of fused-ring (bicyclic) bond motifs is 2. The second-order valence-electron chi connectivity index (χ2n) is 19.3. The number of anilines is 1. The quantitative estimate of drug-likeness (QED) is 0.0471. The number of pyridine rings is 1. The summed E-state index contributed by atoms with van der Waals surface area (Å²) in [6.07, 6.45) is 2.11. The van der Waals surface area contributed by atoms with Crippen LogP contribution in [0.1, 0.15) is 62.8 Å². The third-order valence-electron chi connectivity index (χ3n) is 13.6. The third-order valence-corrected chi connectivity index (χ3v) is 18.1. The van der Waals surface area contributed by atoms with Gasteiger partial charge in [0.05, 0.1) is 36.9 Å². The Bertz CT molecular complexity index is 2420. The normalized spacial score (nSPS) is 18.1. The fourth-order valence-corrected chi connectivity index (χ4v) is 10.2. The summed E-state index contributed by atoms with van der Waals surface area (Å²) in [4.78, 5) is 45.0. The third kappa shape index (κ3) is 12.5. The SMILES string of the molecule is CN(CCNC[C@H](O[Si](C)(C)C(C)(C)C)c1ccc(O)c2[nH]c(=O)ccc12)C(=O)CCOCCc1ccc(CN2C[C@H]3CC(OC(=O)Nc4ccccc4-c4ccccc4)C[C@H]3C2)cc1. The molecule has 4 N–H and O–H groups in total. The number of carbonyl (C=O) groups excluding carboxylic acids is 2. The van der Waals surface area contributed by atoms with E-state index in [9.17, 15) is 19.5 Å². The van der Waals surface area contributed by atoms with Crippen molar-refractivity contribution in [3.63, 3.8) is 0 Å². The zero-order chi connectivity index (χ0) is 46.1. The van der Waals surface area contributed by atoms with Gasteiger partial charge >= 0.3 is 6.09 Å². The van der Waals surface area contributed by atoms with Crippen molar-refractivity contribution in [2.24, 2.45) is 11.8 Å². The fourth-order valence-electron chi connectivity index (χ4n) is 8.92. The number of phenols is 1. The summed E-state index contributed by atoms with van der Waals surface area (Å²) < 4.78 is 18.7. The van der Waals surface area contributed by atoms with Crippen molar-refractivity contribution in [3.05, 3.63) is 130 Å². The summed E-state index contributed by atoms with van der Waals surface area (Å²) in [5.41, 5.74) is 6.27. The Hall–Kier alpha value is -5.31. The largest absolute Gasteiger partial charge is 0.506 e. The van der Waals surface area contributed by atoms with E-state index in [1.54, 1.807) is 17.0 Å². The maximum absolute atomic E-state index is 13.0. The van der Waals surface area contributed by atoms with Gasteiger partial charge in [0.2, 0.25) is 11.5 Å². The van der Waals surface area contributed by atoms with Gasteiger partial charge in [-0.2, -0.15) is 0 Å². The highest BCUT2D eigenvalue weighted by molar-refractivity contribution is 6.74. The highest BCUT2D eigenvalue weighted by Gasteiger charge is 2.42. The molecule has 1 aromatic heterocycles. The summed E-state index contributed by atoms with van der Waals surface area (Å²) in [6.45, 7) is 16.5. The number of aromatic nitrogens is 1. The molecule has 1 aliphatic carbocycles. The molecule has 346 valence electrons. The first kappa shape index (κ1) is 47.6. The van der Waals surface area contributed by atoms with E-state index >= 15 is 0 Å². The Morgan fingerprint density at radius 3 is 2.31 bits per heavy atom. The van der Waals surface area contributed by atoms with Crippen molar-refractivity contribution in [1.29, 1.82) is 0 Å². The second kappa shape index (κ2) is 21.3.